The van der Waals surface area contributed by atoms with Crippen LogP contribution >= 0.6 is 0 Å². The zero-order valence-electron chi connectivity index (χ0n) is 11.4. The van der Waals surface area contributed by atoms with Crippen molar-refractivity contribution in [2.75, 3.05) is 6.54 Å². The van der Waals surface area contributed by atoms with Crippen LogP contribution in [0.1, 0.15) is 43.9 Å². The lowest BCUT2D eigenvalue weighted by atomic mass is 9.71. The summed E-state index contributed by atoms with van der Waals surface area (Å²) in [6.07, 6.45) is -2.38. The molecular formula is C15H21F2NO. The number of aliphatic hydroxyl groups excluding tert-OH is 1. The molecule has 0 aromatic heterocycles. The molecule has 0 saturated heterocycles. The van der Waals surface area contributed by atoms with Gasteiger partial charge in [0.15, 0.2) is 0 Å². The van der Waals surface area contributed by atoms with Crippen molar-refractivity contribution < 1.29 is 13.9 Å². The molecule has 2 rings (SSSR count). The van der Waals surface area contributed by atoms with Gasteiger partial charge >= 0.3 is 0 Å². The van der Waals surface area contributed by atoms with Crippen LogP contribution in [0.4, 0.5) is 8.78 Å². The maximum absolute atomic E-state index is 12.3. The largest absolute Gasteiger partial charge is 0.386 e. The Kier molecular flexibility index (Phi) is 4.21. The molecule has 2 unspecified atom stereocenters. The molecule has 0 fully saturated rings. The van der Waals surface area contributed by atoms with Crippen LogP contribution in [0.2, 0.25) is 0 Å². The number of benzene rings is 1. The van der Waals surface area contributed by atoms with Crippen molar-refractivity contribution in [1.29, 1.82) is 0 Å². The first-order valence-corrected chi connectivity index (χ1v) is 6.71. The van der Waals surface area contributed by atoms with Crippen LogP contribution in [-0.4, -0.2) is 24.2 Å². The molecule has 0 saturated carbocycles. The third-order valence-corrected chi connectivity index (χ3v) is 3.99. The maximum Gasteiger partial charge on any atom is 0.265 e. The van der Waals surface area contributed by atoms with Gasteiger partial charge in [0.1, 0.15) is 6.10 Å². The van der Waals surface area contributed by atoms with Crippen molar-refractivity contribution in [3.63, 3.8) is 0 Å². The lowest BCUT2D eigenvalue weighted by Gasteiger charge is -2.37. The van der Waals surface area contributed by atoms with E-state index in [0.29, 0.717) is 0 Å². The van der Waals surface area contributed by atoms with Crippen molar-refractivity contribution in [1.82, 2.24) is 5.32 Å². The minimum atomic E-state index is -2.69. The number of aliphatic hydroxyl groups is 1. The van der Waals surface area contributed by atoms with Gasteiger partial charge in [-0.15, -0.1) is 0 Å². The lowest BCUT2D eigenvalue weighted by molar-refractivity contribution is -0.00505. The summed E-state index contributed by atoms with van der Waals surface area (Å²) in [4.78, 5) is 0. The first-order valence-electron chi connectivity index (χ1n) is 6.71. The number of halogens is 2. The highest BCUT2D eigenvalue weighted by molar-refractivity contribution is 5.38. The lowest BCUT2D eigenvalue weighted by Crippen LogP contribution is -2.38. The van der Waals surface area contributed by atoms with Gasteiger partial charge in [-0.1, -0.05) is 38.1 Å². The van der Waals surface area contributed by atoms with Gasteiger partial charge in [-0.3, -0.25) is 0 Å². The van der Waals surface area contributed by atoms with Gasteiger partial charge in [-0.25, -0.2) is 8.78 Å². The standard InChI is InChI=1S/C15H21F2NO/c1-15(2)8-7-12(18-9-13(19)14(16)17)10-5-3-4-6-11(10)15/h3-6,12-14,18-19H,7-9H2,1-2H3. The van der Waals surface area contributed by atoms with Crippen LogP contribution in [0.25, 0.3) is 0 Å². The van der Waals surface area contributed by atoms with Crippen molar-refractivity contribution in [3.8, 4) is 0 Å². The van der Waals surface area contributed by atoms with Crippen molar-refractivity contribution in [2.45, 2.75) is 50.7 Å². The summed E-state index contributed by atoms with van der Waals surface area (Å²) >= 11 is 0. The van der Waals surface area contributed by atoms with E-state index >= 15 is 0 Å². The van der Waals surface area contributed by atoms with Crippen molar-refractivity contribution in [3.05, 3.63) is 35.4 Å². The highest BCUT2D eigenvalue weighted by atomic mass is 19.3. The molecular weight excluding hydrogens is 248 g/mol. The van der Waals surface area contributed by atoms with Crippen molar-refractivity contribution >= 4 is 0 Å². The fraction of sp³-hybridized carbons (Fsp3) is 0.600. The second-order valence-corrected chi connectivity index (χ2v) is 5.87. The molecule has 0 aliphatic heterocycles. The zero-order chi connectivity index (χ0) is 14.0. The molecule has 1 aromatic carbocycles. The molecule has 1 aliphatic rings. The third kappa shape index (κ3) is 3.12. The van der Waals surface area contributed by atoms with E-state index in [1.54, 1.807) is 0 Å². The molecule has 4 heteroatoms. The van der Waals surface area contributed by atoms with Gasteiger partial charge in [0.05, 0.1) is 0 Å². The van der Waals surface area contributed by atoms with Crippen LogP contribution < -0.4 is 5.32 Å². The van der Waals surface area contributed by atoms with E-state index < -0.39 is 12.5 Å². The zero-order valence-corrected chi connectivity index (χ0v) is 11.4. The first-order chi connectivity index (χ1) is 8.92. The Balaban J connectivity index is 2.12. The average Bonchev–Trinajstić information content (AvgIpc) is 2.37. The molecule has 0 heterocycles. The highest BCUT2D eigenvalue weighted by Crippen LogP contribution is 2.41. The number of rotatable bonds is 4. The Bertz CT molecular complexity index is 434. The van der Waals surface area contributed by atoms with E-state index in [0.717, 1.165) is 12.8 Å². The molecule has 2 N–H and O–H groups in total. The Morgan fingerprint density at radius 1 is 1.37 bits per heavy atom. The van der Waals surface area contributed by atoms with Gasteiger partial charge in [0.25, 0.3) is 6.43 Å². The molecule has 2 atom stereocenters. The van der Waals surface area contributed by atoms with E-state index in [9.17, 15) is 13.9 Å². The molecule has 0 amide bonds. The normalized spacial score (nSPS) is 23.2. The average molecular weight is 269 g/mol. The van der Waals surface area contributed by atoms with Gasteiger partial charge in [-0.2, -0.15) is 0 Å². The fourth-order valence-corrected chi connectivity index (χ4v) is 2.78. The first kappa shape index (κ1) is 14.4. The Labute approximate surface area is 112 Å². The Morgan fingerprint density at radius 2 is 2.05 bits per heavy atom. The topological polar surface area (TPSA) is 32.3 Å². The summed E-state index contributed by atoms with van der Waals surface area (Å²) in [6.45, 7) is 4.34. The van der Waals surface area contributed by atoms with Crippen molar-refractivity contribution in [2.24, 2.45) is 0 Å². The van der Waals surface area contributed by atoms with Gasteiger partial charge in [0.2, 0.25) is 0 Å². The number of alkyl halides is 2. The predicted octanol–water partition coefficient (Wildman–Crippen LogP) is 3.01. The van der Waals surface area contributed by atoms with Crippen LogP contribution in [0.3, 0.4) is 0 Å². The molecule has 1 aliphatic carbocycles. The smallest absolute Gasteiger partial charge is 0.265 e. The van der Waals surface area contributed by atoms with Gasteiger partial charge in [0, 0.05) is 12.6 Å². The number of fused-ring (bicyclic) bond motifs is 1. The number of nitrogens with one attached hydrogen (secondary N) is 1. The van der Waals surface area contributed by atoms with Gasteiger partial charge < -0.3 is 10.4 Å². The Hall–Kier alpha value is -1.00. The summed E-state index contributed by atoms with van der Waals surface area (Å²) < 4.78 is 24.6. The molecule has 1 aromatic rings. The summed E-state index contributed by atoms with van der Waals surface area (Å²) in [5.74, 6) is 0. The maximum atomic E-state index is 12.3. The highest BCUT2D eigenvalue weighted by Gasteiger charge is 2.32. The number of hydrogen-bond acceptors (Lipinski definition) is 2. The van der Waals surface area contributed by atoms with E-state index in [1.807, 2.05) is 18.2 Å². The molecule has 0 spiro atoms. The minimum Gasteiger partial charge on any atom is -0.386 e. The molecule has 19 heavy (non-hydrogen) atoms. The van der Waals surface area contributed by atoms with Crippen LogP contribution in [0, 0.1) is 0 Å². The monoisotopic (exact) mass is 269 g/mol. The van der Waals surface area contributed by atoms with E-state index in [1.165, 1.54) is 11.1 Å². The summed E-state index contributed by atoms with van der Waals surface area (Å²) in [6, 6.07) is 8.18. The quantitative estimate of drug-likeness (QED) is 0.880. The second kappa shape index (κ2) is 5.55. The third-order valence-electron chi connectivity index (χ3n) is 3.99. The Morgan fingerprint density at radius 3 is 2.74 bits per heavy atom. The summed E-state index contributed by atoms with van der Waals surface area (Å²) in [5, 5.41) is 12.3. The van der Waals surface area contributed by atoms with E-state index in [2.05, 4.69) is 25.2 Å². The summed E-state index contributed by atoms with van der Waals surface area (Å²) in [7, 11) is 0. The van der Waals surface area contributed by atoms with Crippen LogP contribution in [0.5, 0.6) is 0 Å². The molecule has 0 radical (unpaired) electrons. The SMILES string of the molecule is CC1(C)CCC(NCC(O)C(F)F)c2ccccc21. The minimum absolute atomic E-state index is 0.0534. The van der Waals surface area contributed by atoms with E-state index in [4.69, 9.17) is 0 Å². The summed E-state index contributed by atoms with van der Waals surface area (Å²) in [5.41, 5.74) is 2.56. The fourth-order valence-electron chi connectivity index (χ4n) is 2.78. The van der Waals surface area contributed by atoms with E-state index in [-0.39, 0.29) is 18.0 Å². The van der Waals surface area contributed by atoms with Crippen LogP contribution in [0.15, 0.2) is 24.3 Å². The molecule has 0 bridgehead atoms. The molecule has 2 nitrogen and oxygen atoms in total. The molecule has 106 valence electrons. The predicted molar refractivity (Wildman–Crippen MR) is 71.5 cm³/mol. The second-order valence-electron chi connectivity index (χ2n) is 5.87. The van der Waals surface area contributed by atoms with Gasteiger partial charge in [-0.05, 0) is 29.4 Å². The van der Waals surface area contributed by atoms with Crippen LogP contribution in [-0.2, 0) is 5.41 Å². The number of hydrogen-bond donors (Lipinski definition) is 2.